The van der Waals surface area contributed by atoms with Crippen LogP contribution < -0.4 is 21.1 Å². The minimum absolute atomic E-state index is 0.0359. The lowest BCUT2D eigenvalue weighted by atomic mass is 9.76. The zero-order valence-electron chi connectivity index (χ0n) is 18.0. The van der Waals surface area contributed by atoms with Crippen molar-refractivity contribution in [2.24, 2.45) is 17.6 Å². The van der Waals surface area contributed by atoms with Crippen LogP contribution in [-0.2, 0) is 31.3 Å². The summed E-state index contributed by atoms with van der Waals surface area (Å²) in [6.45, 7) is 0.0383. The van der Waals surface area contributed by atoms with Crippen LogP contribution in [0.3, 0.4) is 0 Å². The van der Waals surface area contributed by atoms with Crippen molar-refractivity contribution in [2.75, 3.05) is 12.4 Å². The number of rotatable bonds is 6. The minimum Gasteiger partial charge on any atom is -0.496 e. The molecule has 33 heavy (non-hydrogen) atoms. The summed E-state index contributed by atoms with van der Waals surface area (Å²) in [6, 6.07) is 13.8. The minimum atomic E-state index is -1.38. The normalized spacial score (nSPS) is 27.6. The van der Waals surface area contributed by atoms with Crippen LogP contribution in [0.4, 0.5) is 5.69 Å². The number of imide groups is 1. The van der Waals surface area contributed by atoms with E-state index in [9.17, 15) is 19.2 Å². The molecule has 0 unspecified atom stereocenters. The van der Waals surface area contributed by atoms with E-state index >= 15 is 0 Å². The van der Waals surface area contributed by atoms with E-state index in [0.29, 0.717) is 22.6 Å². The Labute approximate surface area is 190 Å². The first-order valence-electron chi connectivity index (χ1n) is 10.8. The number of ether oxygens (including phenoxy) is 1. The van der Waals surface area contributed by atoms with Gasteiger partial charge in [-0.05, 0) is 18.6 Å². The average Bonchev–Trinajstić information content (AvgIpc) is 3.39. The molecule has 0 saturated carbocycles. The monoisotopic (exact) mass is 448 g/mol. The number of carbonyl (C=O) groups excluding carboxylic acids is 4. The van der Waals surface area contributed by atoms with Crippen LogP contribution in [0.15, 0.2) is 48.5 Å². The fourth-order valence-corrected chi connectivity index (χ4v) is 5.52. The van der Waals surface area contributed by atoms with Gasteiger partial charge in [-0.25, -0.2) is 0 Å². The van der Waals surface area contributed by atoms with E-state index in [1.165, 1.54) is 12.0 Å². The van der Waals surface area contributed by atoms with Crippen LogP contribution in [-0.4, -0.2) is 41.7 Å². The first-order chi connectivity index (χ1) is 15.9. The molecule has 5 rings (SSSR count). The fraction of sp³-hybridized carbons (Fsp3) is 0.333. The molecular formula is C24H24N4O5. The van der Waals surface area contributed by atoms with E-state index in [1.54, 1.807) is 36.4 Å². The highest BCUT2D eigenvalue weighted by atomic mass is 16.5. The summed E-state index contributed by atoms with van der Waals surface area (Å²) in [5, 5.41) is 6.14. The lowest BCUT2D eigenvalue weighted by Crippen LogP contribution is -2.53. The number of likely N-dealkylation sites (tertiary alicyclic amines) is 1. The number of fused-ring (bicyclic) bond motifs is 4. The van der Waals surface area contributed by atoms with Crippen molar-refractivity contribution in [3.8, 4) is 5.75 Å². The van der Waals surface area contributed by atoms with Crippen molar-refractivity contribution < 1.29 is 23.9 Å². The number of hydrogen-bond acceptors (Lipinski definition) is 6. The molecule has 0 bridgehead atoms. The second-order valence-electron chi connectivity index (χ2n) is 8.64. The average molecular weight is 448 g/mol. The van der Waals surface area contributed by atoms with E-state index < -0.39 is 35.2 Å². The van der Waals surface area contributed by atoms with E-state index in [-0.39, 0.29) is 31.2 Å². The number of para-hydroxylation sites is 2. The Morgan fingerprint density at radius 3 is 2.58 bits per heavy atom. The third-order valence-corrected chi connectivity index (χ3v) is 6.94. The summed E-state index contributed by atoms with van der Waals surface area (Å²) >= 11 is 0. The summed E-state index contributed by atoms with van der Waals surface area (Å²) in [7, 11) is 1.53. The van der Waals surface area contributed by atoms with E-state index in [1.807, 2.05) is 12.1 Å². The number of hydrogen-bond donors (Lipinski definition) is 3. The van der Waals surface area contributed by atoms with Crippen molar-refractivity contribution >= 4 is 29.3 Å². The molecular weight excluding hydrogens is 424 g/mol. The number of amides is 4. The number of nitrogens with zero attached hydrogens (tertiary/aromatic N) is 1. The number of nitrogens with two attached hydrogens (primary N) is 1. The van der Waals surface area contributed by atoms with Gasteiger partial charge in [-0.2, -0.15) is 0 Å². The van der Waals surface area contributed by atoms with Crippen LogP contribution in [0.5, 0.6) is 5.75 Å². The van der Waals surface area contributed by atoms with Crippen LogP contribution in [0.2, 0.25) is 0 Å². The molecule has 3 heterocycles. The number of carbonyl (C=O) groups is 4. The van der Waals surface area contributed by atoms with Crippen molar-refractivity contribution in [1.82, 2.24) is 10.2 Å². The molecule has 0 radical (unpaired) electrons. The number of primary amides is 1. The third-order valence-electron chi connectivity index (χ3n) is 6.94. The Kier molecular flexibility index (Phi) is 4.93. The van der Waals surface area contributed by atoms with E-state index in [4.69, 9.17) is 10.5 Å². The second-order valence-corrected chi connectivity index (χ2v) is 8.64. The smallest absolute Gasteiger partial charge is 0.250 e. The van der Waals surface area contributed by atoms with Crippen LogP contribution >= 0.6 is 0 Å². The molecule has 4 atom stereocenters. The van der Waals surface area contributed by atoms with Gasteiger partial charge in [-0.1, -0.05) is 36.4 Å². The molecule has 3 aliphatic heterocycles. The lowest BCUT2D eigenvalue weighted by Gasteiger charge is -2.29. The van der Waals surface area contributed by atoms with E-state index in [2.05, 4.69) is 10.6 Å². The lowest BCUT2D eigenvalue weighted by molar-refractivity contribution is -0.143. The molecule has 4 N–H and O–H groups in total. The predicted octanol–water partition coefficient (Wildman–Crippen LogP) is 0.881. The maximum atomic E-state index is 13.8. The topological polar surface area (TPSA) is 131 Å². The fourth-order valence-electron chi connectivity index (χ4n) is 5.52. The second kappa shape index (κ2) is 7.70. The van der Waals surface area contributed by atoms with Crippen molar-refractivity contribution in [1.29, 1.82) is 0 Å². The first-order valence-corrected chi connectivity index (χ1v) is 10.8. The van der Waals surface area contributed by atoms with Gasteiger partial charge in [0.25, 0.3) is 0 Å². The van der Waals surface area contributed by atoms with Gasteiger partial charge in [0.2, 0.25) is 23.6 Å². The highest BCUT2D eigenvalue weighted by molar-refractivity contribution is 6.15. The largest absolute Gasteiger partial charge is 0.496 e. The van der Waals surface area contributed by atoms with Gasteiger partial charge in [0, 0.05) is 29.3 Å². The van der Waals surface area contributed by atoms with Crippen molar-refractivity contribution in [3.05, 3.63) is 59.7 Å². The summed E-state index contributed by atoms with van der Waals surface area (Å²) in [5.74, 6) is -2.82. The molecule has 9 heteroatoms. The highest BCUT2D eigenvalue weighted by Crippen LogP contribution is 2.53. The number of methoxy groups -OCH3 is 1. The summed E-state index contributed by atoms with van der Waals surface area (Å²) < 4.78 is 5.39. The summed E-state index contributed by atoms with van der Waals surface area (Å²) in [4.78, 5) is 53.4. The number of anilines is 1. The molecule has 2 aromatic rings. The Hall–Kier alpha value is -3.72. The summed E-state index contributed by atoms with van der Waals surface area (Å²) in [5.41, 5.74) is 5.90. The standard InChI is InChI=1S/C24H24N4O5/c1-33-17-9-5-2-6-13(17)12-28-21(30)19-16(10-11-18(25)29)27-24(20(19)22(28)31)14-7-3-4-8-15(14)26-23(24)32/h2-9,16,19-20,27H,10-12H2,1H3,(H2,25,29)(H,26,32)/t16-,19+,20+,24-/m1/s1. The van der Waals surface area contributed by atoms with Gasteiger partial charge in [-0.3, -0.25) is 29.4 Å². The van der Waals surface area contributed by atoms with Crippen LogP contribution in [0.25, 0.3) is 0 Å². The Morgan fingerprint density at radius 2 is 1.82 bits per heavy atom. The zero-order valence-corrected chi connectivity index (χ0v) is 18.0. The molecule has 0 aromatic heterocycles. The highest BCUT2D eigenvalue weighted by Gasteiger charge is 2.70. The molecule has 3 aliphatic rings. The summed E-state index contributed by atoms with van der Waals surface area (Å²) in [6.07, 6.45) is 0.281. The van der Waals surface area contributed by atoms with Gasteiger partial charge < -0.3 is 15.8 Å². The number of nitrogens with one attached hydrogen (secondary N) is 2. The van der Waals surface area contributed by atoms with Crippen molar-refractivity contribution in [3.63, 3.8) is 0 Å². The predicted molar refractivity (Wildman–Crippen MR) is 118 cm³/mol. The van der Waals surface area contributed by atoms with Gasteiger partial charge in [0.1, 0.15) is 11.3 Å². The Bertz CT molecular complexity index is 1180. The van der Waals surface area contributed by atoms with E-state index in [0.717, 1.165) is 0 Å². The number of benzene rings is 2. The Morgan fingerprint density at radius 1 is 1.09 bits per heavy atom. The first kappa shape index (κ1) is 21.1. The van der Waals surface area contributed by atoms with Gasteiger partial charge in [0.05, 0.1) is 25.5 Å². The molecule has 4 amide bonds. The van der Waals surface area contributed by atoms with Gasteiger partial charge in [-0.15, -0.1) is 0 Å². The van der Waals surface area contributed by atoms with Crippen LogP contribution in [0.1, 0.15) is 24.0 Å². The molecule has 0 aliphatic carbocycles. The quantitative estimate of drug-likeness (QED) is 0.563. The maximum Gasteiger partial charge on any atom is 0.250 e. The SMILES string of the molecule is COc1ccccc1CN1C(=O)[C@@H]2[C@@H](C1=O)[C@@]1(N[C@@H]2CCC(N)=O)C(=O)Nc2ccccc21. The zero-order chi connectivity index (χ0) is 23.3. The van der Waals surface area contributed by atoms with Gasteiger partial charge >= 0.3 is 0 Å². The maximum absolute atomic E-state index is 13.8. The molecule has 1 spiro atoms. The van der Waals surface area contributed by atoms with Crippen molar-refractivity contribution in [2.45, 2.75) is 31.0 Å². The molecule has 2 fully saturated rings. The Balaban J connectivity index is 1.57. The third kappa shape index (κ3) is 3.03. The van der Waals surface area contributed by atoms with Gasteiger partial charge in [0.15, 0.2) is 0 Å². The molecule has 2 saturated heterocycles. The molecule has 9 nitrogen and oxygen atoms in total. The molecule has 170 valence electrons. The van der Waals surface area contributed by atoms with Crippen LogP contribution in [0, 0.1) is 11.8 Å². The molecule has 2 aromatic carbocycles.